The van der Waals surface area contributed by atoms with Gasteiger partial charge in [-0.2, -0.15) is 18.3 Å². The van der Waals surface area contributed by atoms with Gasteiger partial charge in [-0.25, -0.2) is 4.68 Å². The number of nitrogens with one attached hydrogen (secondary N) is 1. The van der Waals surface area contributed by atoms with Crippen molar-refractivity contribution in [3.05, 3.63) is 76.4 Å². The molecule has 0 fully saturated rings. The maximum atomic E-state index is 12.7. The van der Waals surface area contributed by atoms with Gasteiger partial charge in [-0.05, 0) is 35.9 Å². The Labute approximate surface area is 163 Å². The van der Waals surface area contributed by atoms with Gasteiger partial charge >= 0.3 is 6.18 Å². The lowest BCUT2D eigenvalue weighted by Crippen LogP contribution is -2.17. The maximum Gasteiger partial charge on any atom is 0.416 e. The Morgan fingerprint density at radius 1 is 1.18 bits per heavy atom. The second-order valence-electron chi connectivity index (χ2n) is 5.87. The van der Waals surface area contributed by atoms with E-state index in [4.69, 9.17) is 16.3 Å². The molecule has 5 nitrogen and oxygen atoms in total. The second kappa shape index (κ2) is 7.93. The molecule has 146 valence electrons. The number of amides is 1. The Balaban J connectivity index is 1.77. The van der Waals surface area contributed by atoms with Gasteiger partial charge < -0.3 is 10.1 Å². The largest absolute Gasteiger partial charge is 0.496 e. The van der Waals surface area contributed by atoms with E-state index in [2.05, 4.69) is 10.4 Å². The van der Waals surface area contributed by atoms with Crippen molar-refractivity contribution in [3.63, 3.8) is 0 Å². The Hall–Kier alpha value is -3.00. The number of carbonyl (C=O) groups excluding carboxylic acids is 1. The minimum absolute atomic E-state index is 0.188. The van der Waals surface area contributed by atoms with Gasteiger partial charge in [0.15, 0.2) is 0 Å². The Kier molecular flexibility index (Phi) is 5.60. The zero-order chi connectivity index (χ0) is 20.3. The molecule has 0 radical (unpaired) electrons. The fourth-order valence-electron chi connectivity index (χ4n) is 2.58. The van der Waals surface area contributed by atoms with Crippen LogP contribution in [0.3, 0.4) is 0 Å². The molecule has 3 rings (SSSR count). The van der Waals surface area contributed by atoms with Gasteiger partial charge in [0.25, 0.3) is 5.91 Å². The number of hydrogen-bond acceptors (Lipinski definition) is 3. The molecule has 1 N–H and O–H groups in total. The highest BCUT2D eigenvalue weighted by atomic mass is 35.5. The third kappa shape index (κ3) is 4.45. The average molecular weight is 410 g/mol. The SMILES string of the molecule is COc1ccc(Cl)cc1C(=O)Nc1ccnn1Cc1ccc(C(F)(F)F)cc1. The lowest BCUT2D eigenvalue weighted by atomic mass is 10.1. The van der Waals surface area contributed by atoms with Crippen molar-refractivity contribution in [2.45, 2.75) is 12.7 Å². The third-order valence-corrected chi connectivity index (χ3v) is 4.21. The van der Waals surface area contributed by atoms with E-state index in [0.29, 0.717) is 22.2 Å². The zero-order valence-corrected chi connectivity index (χ0v) is 15.4. The molecule has 9 heteroatoms. The van der Waals surface area contributed by atoms with Gasteiger partial charge in [0.1, 0.15) is 11.6 Å². The lowest BCUT2D eigenvalue weighted by Gasteiger charge is -2.12. The van der Waals surface area contributed by atoms with Crippen LogP contribution >= 0.6 is 11.6 Å². The minimum atomic E-state index is -4.39. The lowest BCUT2D eigenvalue weighted by molar-refractivity contribution is -0.137. The van der Waals surface area contributed by atoms with Crippen LogP contribution in [0.5, 0.6) is 5.75 Å². The van der Waals surface area contributed by atoms with Gasteiger partial charge in [-0.15, -0.1) is 0 Å². The van der Waals surface area contributed by atoms with Crippen molar-refractivity contribution >= 4 is 23.3 Å². The van der Waals surface area contributed by atoms with Crippen LogP contribution in [0.2, 0.25) is 5.02 Å². The molecule has 0 saturated carbocycles. The van der Waals surface area contributed by atoms with Gasteiger partial charge in [-0.3, -0.25) is 4.79 Å². The summed E-state index contributed by atoms with van der Waals surface area (Å²) in [5, 5.41) is 7.20. The van der Waals surface area contributed by atoms with E-state index in [9.17, 15) is 18.0 Å². The molecular weight excluding hydrogens is 395 g/mol. The summed E-state index contributed by atoms with van der Waals surface area (Å²) >= 11 is 5.95. The van der Waals surface area contributed by atoms with Crippen LogP contribution in [-0.2, 0) is 12.7 Å². The molecule has 0 bridgehead atoms. The highest BCUT2D eigenvalue weighted by Crippen LogP contribution is 2.29. The van der Waals surface area contributed by atoms with E-state index >= 15 is 0 Å². The molecule has 2 aromatic carbocycles. The number of carbonyl (C=O) groups is 1. The van der Waals surface area contributed by atoms with E-state index in [1.165, 1.54) is 36.2 Å². The molecule has 0 atom stereocenters. The third-order valence-electron chi connectivity index (χ3n) is 3.98. The first-order chi connectivity index (χ1) is 13.3. The van der Waals surface area contributed by atoms with E-state index in [1.807, 2.05) is 0 Å². The first-order valence-electron chi connectivity index (χ1n) is 8.11. The standard InChI is InChI=1S/C19H15ClF3N3O2/c1-28-16-7-6-14(20)10-15(16)18(27)25-17-8-9-24-26(17)11-12-2-4-13(5-3-12)19(21,22)23/h2-10H,11H2,1H3,(H,25,27). The second-order valence-corrected chi connectivity index (χ2v) is 6.30. The first-order valence-corrected chi connectivity index (χ1v) is 8.48. The predicted octanol–water partition coefficient (Wildman–Crippen LogP) is 4.86. The quantitative estimate of drug-likeness (QED) is 0.654. The molecule has 0 aliphatic carbocycles. The maximum absolute atomic E-state index is 12.7. The molecule has 0 spiro atoms. The fourth-order valence-corrected chi connectivity index (χ4v) is 2.75. The fraction of sp³-hybridized carbons (Fsp3) is 0.158. The summed E-state index contributed by atoms with van der Waals surface area (Å²) in [6.07, 6.45) is -2.91. The minimum Gasteiger partial charge on any atom is -0.496 e. The summed E-state index contributed by atoms with van der Waals surface area (Å²) < 4.78 is 44.7. The van der Waals surface area contributed by atoms with Crippen molar-refractivity contribution in [2.24, 2.45) is 0 Å². The number of anilines is 1. The molecule has 0 saturated heterocycles. The topological polar surface area (TPSA) is 56.1 Å². The number of rotatable bonds is 5. The van der Waals surface area contributed by atoms with Gasteiger partial charge in [-0.1, -0.05) is 23.7 Å². The normalized spacial score (nSPS) is 11.3. The van der Waals surface area contributed by atoms with Crippen LogP contribution in [0.15, 0.2) is 54.7 Å². The molecule has 28 heavy (non-hydrogen) atoms. The molecule has 0 aliphatic heterocycles. The van der Waals surface area contributed by atoms with E-state index < -0.39 is 17.6 Å². The van der Waals surface area contributed by atoms with Crippen molar-refractivity contribution in [3.8, 4) is 5.75 Å². The predicted molar refractivity (Wildman–Crippen MR) is 98.7 cm³/mol. The number of halogens is 4. The van der Waals surface area contributed by atoms with E-state index in [1.54, 1.807) is 18.2 Å². The van der Waals surface area contributed by atoms with E-state index in [0.717, 1.165) is 12.1 Å². The number of hydrogen-bond donors (Lipinski definition) is 1. The van der Waals surface area contributed by atoms with E-state index in [-0.39, 0.29) is 12.1 Å². The van der Waals surface area contributed by atoms with Crippen LogP contribution < -0.4 is 10.1 Å². The van der Waals surface area contributed by atoms with Crippen molar-refractivity contribution in [2.75, 3.05) is 12.4 Å². The van der Waals surface area contributed by atoms with Crippen molar-refractivity contribution in [1.29, 1.82) is 0 Å². The molecule has 0 aliphatic rings. The summed E-state index contributed by atoms with van der Waals surface area (Å²) in [5.74, 6) is 0.288. The van der Waals surface area contributed by atoms with Crippen molar-refractivity contribution < 1.29 is 22.7 Å². The van der Waals surface area contributed by atoms with Crippen LogP contribution in [0.25, 0.3) is 0 Å². The molecule has 1 amide bonds. The molecule has 1 heterocycles. The highest BCUT2D eigenvalue weighted by molar-refractivity contribution is 6.31. The molecule has 1 aromatic heterocycles. The summed E-state index contributed by atoms with van der Waals surface area (Å²) in [7, 11) is 1.44. The summed E-state index contributed by atoms with van der Waals surface area (Å²) in [5.41, 5.74) is 0.128. The van der Waals surface area contributed by atoms with Crippen LogP contribution in [-0.4, -0.2) is 22.8 Å². The van der Waals surface area contributed by atoms with Gasteiger partial charge in [0, 0.05) is 11.1 Å². The summed E-state index contributed by atoms with van der Waals surface area (Å²) in [4.78, 5) is 12.6. The van der Waals surface area contributed by atoms with Gasteiger partial charge in [0.05, 0.1) is 31.0 Å². The Bertz CT molecular complexity index is 985. The molecule has 0 unspecified atom stereocenters. The molecule has 3 aromatic rings. The van der Waals surface area contributed by atoms with Gasteiger partial charge in [0.2, 0.25) is 0 Å². The number of ether oxygens (including phenoxy) is 1. The first kappa shape index (κ1) is 19.8. The Morgan fingerprint density at radius 2 is 1.89 bits per heavy atom. The number of benzene rings is 2. The molecular formula is C19H15ClF3N3O2. The monoisotopic (exact) mass is 409 g/mol. The summed E-state index contributed by atoms with van der Waals surface area (Å²) in [6.45, 7) is 0.188. The van der Waals surface area contributed by atoms with Crippen LogP contribution in [0.4, 0.5) is 19.0 Å². The smallest absolute Gasteiger partial charge is 0.416 e. The van der Waals surface area contributed by atoms with Crippen LogP contribution in [0.1, 0.15) is 21.5 Å². The number of nitrogens with zero attached hydrogens (tertiary/aromatic N) is 2. The number of methoxy groups -OCH3 is 1. The number of aromatic nitrogens is 2. The zero-order valence-electron chi connectivity index (χ0n) is 14.6. The summed E-state index contributed by atoms with van der Waals surface area (Å²) in [6, 6.07) is 11.0. The van der Waals surface area contributed by atoms with Crippen molar-refractivity contribution in [1.82, 2.24) is 9.78 Å². The number of alkyl halides is 3. The van der Waals surface area contributed by atoms with Crippen LogP contribution in [0, 0.1) is 0 Å². The Morgan fingerprint density at radius 3 is 2.54 bits per heavy atom. The average Bonchev–Trinajstić information content (AvgIpc) is 3.08. The highest BCUT2D eigenvalue weighted by Gasteiger charge is 2.29.